The van der Waals surface area contributed by atoms with Gasteiger partial charge in [0.1, 0.15) is 23.5 Å². The van der Waals surface area contributed by atoms with Crippen LogP contribution in [0.15, 0.2) is 30.3 Å². The van der Waals surface area contributed by atoms with Gasteiger partial charge in [0.2, 0.25) is 0 Å². The first-order valence-corrected chi connectivity index (χ1v) is 9.27. The van der Waals surface area contributed by atoms with Gasteiger partial charge in [0.05, 0.1) is 24.5 Å². The molecule has 1 aliphatic carbocycles. The summed E-state index contributed by atoms with van der Waals surface area (Å²) in [4.78, 5) is 6.99. The summed E-state index contributed by atoms with van der Waals surface area (Å²) in [5.74, 6) is 0.622. The SMILES string of the molecule is N#Cc1c(N2CCOCC2)nc2c(c1C#N)CCCC2=Cc1ccccc1. The van der Waals surface area contributed by atoms with Gasteiger partial charge in [-0.3, -0.25) is 0 Å². The molecule has 0 bridgehead atoms. The molecule has 1 aromatic carbocycles. The number of hydrogen-bond donors (Lipinski definition) is 0. The zero-order valence-corrected chi connectivity index (χ0v) is 15.1. The monoisotopic (exact) mass is 356 g/mol. The minimum Gasteiger partial charge on any atom is -0.378 e. The second-order valence-electron chi connectivity index (χ2n) is 6.77. The Labute approximate surface area is 159 Å². The van der Waals surface area contributed by atoms with Crippen molar-refractivity contribution in [1.29, 1.82) is 10.5 Å². The van der Waals surface area contributed by atoms with Crippen LogP contribution in [0.2, 0.25) is 0 Å². The van der Waals surface area contributed by atoms with Crippen molar-refractivity contribution in [3.8, 4) is 12.1 Å². The standard InChI is InChI=1S/C22H20N4O/c23-14-19-18-8-4-7-17(13-16-5-2-1-3-6-16)21(18)25-22(20(19)15-24)26-9-11-27-12-10-26/h1-3,5-6,13H,4,7-12H2. The van der Waals surface area contributed by atoms with Gasteiger partial charge < -0.3 is 9.64 Å². The summed E-state index contributed by atoms with van der Waals surface area (Å²) in [6.07, 6.45) is 4.83. The van der Waals surface area contributed by atoms with Crippen molar-refractivity contribution in [1.82, 2.24) is 4.98 Å². The van der Waals surface area contributed by atoms with Gasteiger partial charge >= 0.3 is 0 Å². The Balaban J connectivity index is 1.89. The van der Waals surface area contributed by atoms with E-state index in [0.717, 1.165) is 41.7 Å². The largest absolute Gasteiger partial charge is 0.378 e. The van der Waals surface area contributed by atoms with Gasteiger partial charge in [-0.25, -0.2) is 4.98 Å². The summed E-state index contributed by atoms with van der Waals surface area (Å²) in [5.41, 5.74) is 4.94. The predicted molar refractivity (Wildman–Crippen MR) is 104 cm³/mol. The number of allylic oxidation sites excluding steroid dienone is 1. The second kappa shape index (κ2) is 7.61. The van der Waals surface area contributed by atoms with Crippen LogP contribution in [-0.4, -0.2) is 31.3 Å². The molecule has 0 amide bonds. The van der Waals surface area contributed by atoms with Crippen molar-refractivity contribution >= 4 is 17.5 Å². The second-order valence-corrected chi connectivity index (χ2v) is 6.77. The number of pyridine rings is 1. The molecule has 1 aromatic heterocycles. The Morgan fingerprint density at radius 1 is 1.00 bits per heavy atom. The quantitative estimate of drug-likeness (QED) is 0.823. The first-order valence-electron chi connectivity index (χ1n) is 9.27. The zero-order chi connectivity index (χ0) is 18.6. The number of morpholine rings is 1. The Hall–Kier alpha value is -3.15. The summed E-state index contributed by atoms with van der Waals surface area (Å²) in [6.45, 7) is 2.59. The number of fused-ring (bicyclic) bond motifs is 1. The van der Waals surface area contributed by atoms with Gasteiger partial charge in [-0.05, 0) is 42.0 Å². The number of aromatic nitrogens is 1. The maximum absolute atomic E-state index is 9.81. The van der Waals surface area contributed by atoms with E-state index >= 15 is 0 Å². The van der Waals surface area contributed by atoms with E-state index in [1.54, 1.807) is 0 Å². The average molecular weight is 356 g/mol. The predicted octanol–water partition coefficient (Wildman–Crippen LogP) is 3.54. The highest BCUT2D eigenvalue weighted by molar-refractivity contribution is 5.84. The average Bonchev–Trinajstić information content (AvgIpc) is 2.74. The van der Waals surface area contributed by atoms with Gasteiger partial charge in [0, 0.05) is 13.1 Å². The van der Waals surface area contributed by atoms with Crippen LogP contribution in [0.5, 0.6) is 0 Å². The Morgan fingerprint density at radius 2 is 1.74 bits per heavy atom. The molecular formula is C22H20N4O. The van der Waals surface area contributed by atoms with Crippen LogP contribution in [0.3, 0.4) is 0 Å². The smallest absolute Gasteiger partial charge is 0.148 e. The third kappa shape index (κ3) is 3.30. The minimum atomic E-state index is 0.402. The molecule has 0 radical (unpaired) electrons. The lowest BCUT2D eigenvalue weighted by Crippen LogP contribution is -2.37. The fraction of sp³-hybridized carbons (Fsp3) is 0.318. The first-order chi connectivity index (χ1) is 13.3. The summed E-state index contributed by atoms with van der Waals surface area (Å²) < 4.78 is 5.44. The van der Waals surface area contributed by atoms with Crippen LogP contribution in [0.25, 0.3) is 11.6 Å². The minimum absolute atomic E-state index is 0.402. The zero-order valence-electron chi connectivity index (χ0n) is 15.1. The molecule has 2 aromatic rings. The molecule has 5 nitrogen and oxygen atoms in total. The summed E-state index contributed by atoms with van der Waals surface area (Å²) in [7, 11) is 0. The van der Waals surface area contributed by atoms with E-state index in [4.69, 9.17) is 9.72 Å². The number of ether oxygens (including phenoxy) is 1. The molecule has 1 aliphatic heterocycles. The number of hydrogen-bond acceptors (Lipinski definition) is 5. The van der Waals surface area contributed by atoms with Gasteiger partial charge in [-0.15, -0.1) is 0 Å². The van der Waals surface area contributed by atoms with Gasteiger partial charge in [0.15, 0.2) is 0 Å². The van der Waals surface area contributed by atoms with Gasteiger partial charge in [0.25, 0.3) is 0 Å². The van der Waals surface area contributed by atoms with Crippen molar-refractivity contribution < 1.29 is 4.74 Å². The van der Waals surface area contributed by atoms with Gasteiger partial charge in [-0.2, -0.15) is 10.5 Å². The Kier molecular flexibility index (Phi) is 4.87. The van der Waals surface area contributed by atoms with E-state index < -0.39 is 0 Å². The van der Waals surface area contributed by atoms with Crippen LogP contribution in [0.4, 0.5) is 5.82 Å². The lowest BCUT2D eigenvalue weighted by Gasteiger charge is -2.30. The maximum atomic E-state index is 9.81. The van der Waals surface area contributed by atoms with Crippen molar-refractivity contribution in [3.63, 3.8) is 0 Å². The van der Waals surface area contributed by atoms with Crippen molar-refractivity contribution in [3.05, 3.63) is 58.3 Å². The van der Waals surface area contributed by atoms with Crippen LogP contribution in [0, 0.1) is 22.7 Å². The van der Waals surface area contributed by atoms with Crippen molar-refractivity contribution in [2.24, 2.45) is 0 Å². The molecule has 0 saturated carbocycles. The van der Waals surface area contributed by atoms with Crippen LogP contribution >= 0.6 is 0 Å². The molecular weight excluding hydrogens is 336 g/mol. The number of benzene rings is 1. The van der Waals surface area contributed by atoms with Crippen LogP contribution in [0.1, 0.15) is 40.8 Å². The van der Waals surface area contributed by atoms with E-state index in [9.17, 15) is 10.5 Å². The number of anilines is 1. The number of nitriles is 2. The molecule has 2 heterocycles. The molecule has 0 atom stereocenters. The molecule has 1 fully saturated rings. The maximum Gasteiger partial charge on any atom is 0.148 e. The molecule has 0 unspecified atom stereocenters. The molecule has 4 rings (SSSR count). The lowest BCUT2D eigenvalue weighted by atomic mass is 9.86. The van der Waals surface area contributed by atoms with E-state index in [-0.39, 0.29) is 0 Å². The summed E-state index contributed by atoms with van der Waals surface area (Å²) in [6, 6.07) is 14.7. The van der Waals surface area contributed by atoms with E-state index in [1.165, 1.54) is 0 Å². The fourth-order valence-corrected chi connectivity index (χ4v) is 3.82. The highest BCUT2D eigenvalue weighted by Gasteiger charge is 2.27. The summed E-state index contributed by atoms with van der Waals surface area (Å²) >= 11 is 0. The number of nitrogens with zero attached hydrogens (tertiary/aromatic N) is 4. The van der Waals surface area contributed by atoms with Crippen molar-refractivity contribution in [2.75, 3.05) is 31.2 Å². The highest BCUT2D eigenvalue weighted by atomic mass is 16.5. The fourth-order valence-electron chi connectivity index (χ4n) is 3.82. The first kappa shape index (κ1) is 17.3. The Morgan fingerprint density at radius 3 is 2.44 bits per heavy atom. The molecule has 134 valence electrons. The van der Waals surface area contributed by atoms with E-state index in [2.05, 4.69) is 35.2 Å². The van der Waals surface area contributed by atoms with Gasteiger partial charge in [-0.1, -0.05) is 30.3 Å². The summed E-state index contributed by atoms with van der Waals surface area (Å²) in [5, 5.41) is 19.6. The van der Waals surface area contributed by atoms with Crippen LogP contribution in [-0.2, 0) is 11.2 Å². The normalized spacial score (nSPS) is 17.9. The van der Waals surface area contributed by atoms with Crippen LogP contribution < -0.4 is 4.90 Å². The molecule has 27 heavy (non-hydrogen) atoms. The molecule has 0 spiro atoms. The van der Waals surface area contributed by atoms with E-state index in [0.29, 0.717) is 43.2 Å². The lowest BCUT2D eigenvalue weighted by molar-refractivity contribution is 0.122. The highest BCUT2D eigenvalue weighted by Crippen LogP contribution is 2.37. The third-order valence-corrected chi connectivity index (χ3v) is 5.13. The van der Waals surface area contributed by atoms with E-state index in [1.807, 2.05) is 18.2 Å². The molecule has 1 saturated heterocycles. The number of rotatable bonds is 2. The molecule has 5 heteroatoms. The third-order valence-electron chi connectivity index (χ3n) is 5.13. The van der Waals surface area contributed by atoms with Crippen molar-refractivity contribution in [2.45, 2.75) is 19.3 Å². The topological polar surface area (TPSA) is 72.9 Å². The molecule has 0 N–H and O–H groups in total. The molecule has 2 aliphatic rings. The Bertz CT molecular complexity index is 961.